The van der Waals surface area contributed by atoms with E-state index < -0.39 is 11.9 Å². The van der Waals surface area contributed by atoms with Crippen LogP contribution < -0.4 is 0 Å². The van der Waals surface area contributed by atoms with Crippen molar-refractivity contribution in [2.45, 2.75) is 45.6 Å². The lowest BCUT2D eigenvalue weighted by Gasteiger charge is -2.24. The minimum atomic E-state index is -0.904. The van der Waals surface area contributed by atoms with Crippen LogP contribution in [-0.2, 0) is 9.59 Å². The van der Waals surface area contributed by atoms with Gasteiger partial charge in [-0.1, -0.05) is 36.8 Å². The third-order valence-corrected chi connectivity index (χ3v) is 4.14. The number of rotatable bonds is 8. The number of nitrogens with zero attached hydrogens (tertiary/aromatic N) is 1. The molecule has 1 aromatic rings. The zero-order valence-corrected chi connectivity index (χ0v) is 13.6. The topological polar surface area (TPSA) is 74.7 Å². The summed E-state index contributed by atoms with van der Waals surface area (Å²) in [5, 5.41) is 9.01. The number of aliphatic carboxylic acids is 1. The van der Waals surface area contributed by atoms with Gasteiger partial charge in [0.25, 0.3) is 0 Å². The molecule has 23 heavy (non-hydrogen) atoms. The van der Waals surface area contributed by atoms with Gasteiger partial charge in [0.05, 0.1) is 5.92 Å². The Bertz CT molecular complexity index is 590. The van der Waals surface area contributed by atoms with Crippen LogP contribution in [0.1, 0.15) is 48.5 Å². The van der Waals surface area contributed by atoms with Gasteiger partial charge in [-0.3, -0.25) is 14.4 Å². The number of hydrogen-bond acceptors (Lipinski definition) is 3. The van der Waals surface area contributed by atoms with Crippen molar-refractivity contribution in [3.8, 4) is 0 Å². The summed E-state index contributed by atoms with van der Waals surface area (Å²) in [6.07, 6.45) is 2.14. The maximum atomic E-state index is 12.4. The van der Waals surface area contributed by atoms with Crippen molar-refractivity contribution in [1.82, 2.24) is 4.90 Å². The number of amides is 1. The predicted octanol–water partition coefficient (Wildman–Crippen LogP) is 2.67. The minimum absolute atomic E-state index is 0.0552. The number of aryl methyl sites for hydroxylation is 1. The van der Waals surface area contributed by atoms with Gasteiger partial charge in [-0.15, -0.1) is 0 Å². The van der Waals surface area contributed by atoms with Crippen LogP contribution in [0.2, 0.25) is 0 Å². The molecule has 1 fully saturated rings. The van der Waals surface area contributed by atoms with Crippen molar-refractivity contribution in [2.75, 3.05) is 6.54 Å². The molecule has 124 valence electrons. The fourth-order valence-electron chi connectivity index (χ4n) is 2.46. The van der Waals surface area contributed by atoms with E-state index >= 15 is 0 Å². The highest BCUT2D eigenvalue weighted by atomic mass is 16.4. The number of carbonyl (C=O) groups excluding carboxylic acids is 2. The van der Waals surface area contributed by atoms with E-state index in [1.807, 2.05) is 19.1 Å². The van der Waals surface area contributed by atoms with Crippen molar-refractivity contribution in [2.24, 2.45) is 5.92 Å². The molecule has 2 rings (SSSR count). The Labute approximate surface area is 136 Å². The highest BCUT2D eigenvalue weighted by Crippen LogP contribution is 2.28. The minimum Gasteiger partial charge on any atom is -0.481 e. The second-order valence-electron chi connectivity index (χ2n) is 6.31. The summed E-state index contributed by atoms with van der Waals surface area (Å²) in [6.45, 7) is 3.77. The van der Waals surface area contributed by atoms with Gasteiger partial charge < -0.3 is 10.0 Å². The molecule has 1 amide bonds. The number of carboxylic acid groups (broad SMARTS) is 1. The molecule has 5 heteroatoms. The molecule has 0 spiro atoms. The first-order valence-electron chi connectivity index (χ1n) is 8.00. The largest absolute Gasteiger partial charge is 0.481 e. The number of ketones is 1. The zero-order valence-electron chi connectivity index (χ0n) is 13.6. The Balaban J connectivity index is 1.90. The van der Waals surface area contributed by atoms with Gasteiger partial charge in [-0.2, -0.15) is 0 Å². The molecule has 1 N–H and O–H groups in total. The second kappa shape index (κ2) is 7.40. The first kappa shape index (κ1) is 17.2. The highest BCUT2D eigenvalue weighted by Gasteiger charge is 2.34. The molecule has 0 heterocycles. The van der Waals surface area contributed by atoms with Crippen molar-refractivity contribution in [3.63, 3.8) is 0 Å². The summed E-state index contributed by atoms with van der Waals surface area (Å²) in [7, 11) is 0. The van der Waals surface area contributed by atoms with Crippen LogP contribution in [0.3, 0.4) is 0 Å². The summed E-state index contributed by atoms with van der Waals surface area (Å²) in [6, 6.07) is 7.44. The number of hydrogen-bond donors (Lipinski definition) is 1. The van der Waals surface area contributed by atoms with Crippen LogP contribution in [0.25, 0.3) is 0 Å². The molecule has 0 aliphatic heterocycles. The van der Waals surface area contributed by atoms with Gasteiger partial charge in [-0.25, -0.2) is 0 Å². The molecule has 1 aromatic carbocycles. The SMILES string of the molecule is Cc1ccc(C(=O)CCC(=O)N(CC(C)C(=O)O)C2CC2)cc1. The predicted molar refractivity (Wildman–Crippen MR) is 86.3 cm³/mol. The van der Waals surface area contributed by atoms with Gasteiger partial charge in [-0.05, 0) is 19.8 Å². The molecular formula is C18H23NO4. The Kier molecular flexibility index (Phi) is 5.53. The van der Waals surface area contributed by atoms with E-state index in [0.717, 1.165) is 18.4 Å². The highest BCUT2D eigenvalue weighted by molar-refractivity contribution is 5.98. The Morgan fingerprint density at radius 3 is 2.30 bits per heavy atom. The molecule has 1 aliphatic rings. The van der Waals surface area contributed by atoms with E-state index in [-0.39, 0.29) is 37.1 Å². The molecule has 1 unspecified atom stereocenters. The summed E-state index contributed by atoms with van der Waals surface area (Å²) in [4.78, 5) is 37.1. The fourth-order valence-corrected chi connectivity index (χ4v) is 2.46. The molecule has 0 radical (unpaired) electrons. The monoisotopic (exact) mass is 317 g/mol. The van der Waals surface area contributed by atoms with Gasteiger partial charge in [0, 0.05) is 31.0 Å². The fraction of sp³-hybridized carbons (Fsp3) is 0.500. The molecule has 1 saturated carbocycles. The van der Waals surface area contributed by atoms with Crippen LogP contribution in [0.4, 0.5) is 0 Å². The first-order valence-corrected chi connectivity index (χ1v) is 8.00. The van der Waals surface area contributed by atoms with Gasteiger partial charge in [0.15, 0.2) is 5.78 Å². The van der Waals surface area contributed by atoms with E-state index in [0.29, 0.717) is 5.56 Å². The second-order valence-corrected chi connectivity index (χ2v) is 6.31. The lowest BCUT2D eigenvalue weighted by molar-refractivity contribution is -0.143. The normalized spacial score (nSPS) is 15.0. The van der Waals surface area contributed by atoms with Gasteiger partial charge in [0.2, 0.25) is 5.91 Å². The van der Waals surface area contributed by atoms with E-state index in [1.54, 1.807) is 24.0 Å². The summed E-state index contributed by atoms with van der Waals surface area (Å²) in [5.74, 6) is -1.67. The number of Topliss-reactive ketones (excluding diaryl/α,β-unsaturated/α-hetero) is 1. The Morgan fingerprint density at radius 2 is 1.78 bits per heavy atom. The Morgan fingerprint density at radius 1 is 1.17 bits per heavy atom. The molecule has 0 saturated heterocycles. The standard InChI is InChI=1S/C18H23NO4/c1-12-3-5-14(6-4-12)16(20)9-10-17(21)19(15-7-8-15)11-13(2)18(22)23/h3-6,13,15H,7-11H2,1-2H3,(H,22,23). The average molecular weight is 317 g/mol. The lowest BCUT2D eigenvalue weighted by atomic mass is 10.0. The van der Waals surface area contributed by atoms with E-state index in [1.165, 1.54) is 0 Å². The first-order chi connectivity index (χ1) is 10.9. The lowest BCUT2D eigenvalue weighted by Crippen LogP contribution is -2.38. The molecule has 0 bridgehead atoms. The van der Waals surface area contributed by atoms with E-state index in [2.05, 4.69) is 0 Å². The zero-order chi connectivity index (χ0) is 17.0. The molecule has 1 atom stereocenters. The molecular weight excluding hydrogens is 294 g/mol. The Hall–Kier alpha value is -2.17. The summed E-state index contributed by atoms with van der Waals surface area (Å²) in [5.41, 5.74) is 1.69. The van der Waals surface area contributed by atoms with E-state index in [9.17, 15) is 14.4 Å². The summed E-state index contributed by atoms with van der Waals surface area (Å²) >= 11 is 0. The van der Waals surface area contributed by atoms with Gasteiger partial charge in [0.1, 0.15) is 0 Å². The van der Waals surface area contributed by atoms with Crippen molar-refractivity contribution >= 4 is 17.7 Å². The third kappa shape index (κ3) is 4.91. The van der Waals surface area contributed by atoms with Crippen molar-refractivity contribution < 1.29 is 19.5 Å². The molecule has 0 aromatic heterocycles. The van der Waals surface area contributed by atoms with Crippen LogP contribution in [0.15, 0.2) is 24.3 Å². The number of benzene rings is 1. The van der Waals surface area contributed by atoms with Crippen LogP contribution >= 0.6 is 0 Å². The average Bonchev–Trinajstić information content (AvgIpc) is 3.34. The van der Waals surface area contributed by atoms with Crippen molar-refractivity contribution in [1.29, 1.82) is 0 Å². The number of carbonyl (C=O) groups is 3. The van der Waals surface area contributed by atoms with E-state index in [4.69, 9.17) is 5.11 Å². The maximum absolute atomic E-state index is 12.4. The molecule has 5 nitrogen and oxygen atoms in total. The smallest absolute Gasteiger partial charge is 0.308 e. The number of carboxylic acids is 1. The van der Waals surface area contributed by atoms with Crippen molar-refractivity contribution in [3.05, 3.63) is 35.4 Å². The maximum Gasteiger partial charge on any atom is 0.308 e. The van der Waals surface area contributed by atoms with Gasteiger partial charge >= 0.3 is 5.97 Å². The van der Waals surface area contributed by atoms with Crippen LogP contribution in [0, 0.1) is 12.8 Å². The van der Waals surface area contributed by atoms with Crippen LogP contribution in [-0.4, -0.2) is 40.3 Å². The molecule has 1 aliphatic carbocycles. The quantitative estimate of drug-likeness (QED) is 0.748. The summed E-state index contributed by atoms with van der Waals surface area (Å²) < 4.78 is 0. The van der Waals surface area contributed by atoms with Crippen LogP contribution in [0.5, 0.6) is 0 Å². The third-order valence-electron chi connectivity index (χ3n) is 4.14.